The highest BCUT2D eigenvalue weighted by molar-refractivity contribution is 5.98. The number of carbonyl (C=O) groups excluding carboxylic acids is 1. The fourth-order valence-corrected chi connectivity index (χ4v) is 2.93. The summed E-state index contributed by atoms with van der Waals surface area (Å²) in [6, 6.07) is 12.9. The van der Waals surface area contributed by atoms with E-state index >= 15 is 0 Å². The third-order valence-corrected chi connectivity index (χ3v) is 4.20. The van der Waals surface area contributed by atoms with Crippen molar-refractivity contribution in [2.24, 2.45) is 0 Å². The van der Waals surface area contributed by atoms with Crippen molar-refractivity contribution in [3.8, 4) is 17.7 Å². The van der Waals surface area contributed by atoms with Crippen LogP contribution in [0.25, 0.3) is 5.88 Å². The van der Waals surface area contributed by atoms with Gasteiger partial charge in [-0.3, -0.25) is 9.36 Å². The van der Waals surface area contributed by atoms with Gasteiger partial charge in [0.2, 0.25) is 5.88 Å². The van der Waals surface area contributed by atoms with Crippen LogP contribution in [0.5, 0.6) is 5.75 Å². The number of hydrogen-bond donors (Lipinski definition) is 1. The summed E-state index contributed by atoms with van der Waals surface area (Å²) >= 11 is 0. The molecular weight excluding hydrogens is 330 g/mol. The van der Waals surface area contributed by atoms with Gasteiger partial charge in [-0.05, 0) is 32.0 Å². The smallest absolute Gasteiger partial charge is 0.256 e. The molecule has 6 heteroatoms. The molecule has 0 spiro atoms. The number of rotatable bonds is 5. The average molecular weight is 349 g/mol. The van der Waals surface area contributed by atoms with Crippen LogP contribution in [0.4, 0.5) is 0 Å². The Balaban J connectivity index is 1.92. The molecule has 0 aliphatic carbocycles. The average Bonchev–Trinajstić information content (AvgIpc) is 3.28. The zero-order chi connectivity index (χ0) is 18.7. The molecule has 1 unspecified atom stereocenters. The Morgan fingerprint density at radius 1 is 1.27 bits per heavy atom. The molecule has 6 nitrogen and oxygen atoms in total. The van der Waals surface area contributed by atoms with E-state index in [0.29, 0.717) is 17.4 Å². The lowest BCUT2D eigenvalue weighted by Gasteiger charge is -2.17. The Morgan fingerprint density at radius 2 is 1.96 bits per heavy atom. The number of nitrogens with zero attached hydrogens (tertiary/aromatic N) is 2. The summed E-state index contributed by atoms with van der Waals surface area (Å²) < 4.78 is 12.7. The predicted octanol–water partition coefficient (Wildman–Crippen LogP) is 3.75. The van der Waals surface area contributed by atoms with Crippen LogP contribution in [0.15, 0.2) is 53.2 Å². The third-order valence-electron chi connectivity index (χ3n) is 4.20. The summed E-state index contributed by atoms with van der Waals surface area (Å²) in [5.74, 6) is 1.07. The van der Waals surface area contributed by atoms with Crippen molar-refractivity contribution < 1.29 is 13.9 Å². The van der Waals surface area contributed by atoms with Crippen LogP contribution in [-0.4, -0.2) is 17.6 Å². The molecule has 0 aliphatic heterocycles. The quantitative estimate of drug-likeness (QED) is 0.761. The number of hydrogen-bond acceptors (Lipinski definition) is 4. The van der Waals surface area contributed by atoms with Crippen LogP contribution < -0.4 is 10.1 Å². The first-order valence-electron chi connectivity index (χ1n) is 8.17. The van der Waals surface area contributed by atoms with Gasteiger partial charge in [0.15, 0.2) is 0 Å². The molecule has 0 saturated heterocycles. The number of aromatic nitrogens is 1. The first kappa shape index (κ1) is 17.4. The van der Waals surface area contributed by atoms with Gasteiger partial charge in [-0.25, -0.2) is 0 Å². The van der Waals surface area contributed by atoms with Crippen molar-refractivity contribution in [2.45, 2.75) is 19.9 Å². The molecule has 3 aromatic rings. The molecule has 2 heterocycles. The highest BCUT2D eigenvalue weighted by Gasteiger charge is 2.26. The van der Waals surface area contributed by atoms with Crippen molar-refractivity contribution in [1.29, 1.82) is 5.26 Å². The van der Waals surface area contributed by atoms with Crippen LogP contribution in [0.1, 0.15) is 40.2 Å². The molecule has 1 aromatic carbocycles. The second kappa shape index (κ2) is 7.19. The molecule has 1 atom stereocenters. The third kappa shape index (κ3) is 3.07. The van der Waals surface area contributed by atoms with Crippen LogP contribution in [0, 0.1) is 18.3 Å². The Labute approximate surface area is 151 Å². The molecular formula is C20H19N3O3. The van der Waals surface area contributed by atoms with E-state index in [4.69, 9.17) is 9.15 Å². The fraction of sp³-hybridized carbons (Fsp3) is 0.200. The SMILES string of the molecule is COc1ccccc1C(C)NC(=O)c1c(C)oc(-n2cccc2)c1C#N. The Hall–Kier alpha value is -3.46. The minimum Gasteiger partial charge on any atom is -0.496 e. The lowest BCUT2D eigenvalue weighted by molar-refractivity contribution is 0.0937. The van der Waals surface area contributed by atoms with E-state index in [1.165, 1.54) is 0 Å². The first-order valence-corrected chi connectivity index (χ1v) is 8.17. The molecule has 1 amide bonds. The molecule has 132 valence electrons. The zero-order valence-corrected chi connectivity index (χ0v) is 14.8. The minimum atomic E-state index is -0.361. The van der Waals surface area contributed by atoms with E-state index in [1.54, 1.807) is 31.0 Å². The number of furan rings is 1. The lowest BCUT2D eigenvalue weighted by Crippen LogP contribution is -2.27. The van der Waals surface area contributed by atoms with Gasteiger partial charge in [0, 0.05) is 18.0 Å². The number of carbonyl (C=O) groups is 1. The van der Waals surface area contributed by atoms with Gasteiger partial charge in [0.1, 0.15) is 28.7 Å². The number of para-hydroxylation sites is 1. The van der Waals surface area contributed by atoms with Gasteiger partial charge in [-0.1, -0.05) is 18.2 Å². The Bertz CT molecular complexity index is 965. The van der Waals surface area contributed by atoms with E-state index in [0.717, 1.165) is 5.56 Å². The van der Waals surface area contributed by atoms with Crippen LogP contribution in [-0.2, 0) is 0 Å². The van der Waals surface area contributed by atoms with Gasteiger partial charge in [-0.2, -0.15) is 5.26 Å². The topological polar surface area (TPSA) is 80.2 Å². The number of nitriles is 1. The molecule has 0 saturated carbocycles. The van der Waals surface area contributed by atoms with E-state index < -0.39 is 0 Å². The summed E-state index contributed by atoms with van der Waals surface area (Å²) in [4.78, 5) is 12.8. The van der Waals surface area contributed by atoms with E-state index in [9.17, 15) is 10.1 Å². The molecule has 2 aromatic heterocycles. The van der Waals surface area contributed by atoms with Gasteiger partial charge in [0.05, 0.1) is 13.2 Å². The monoisotopic (exact) mass is 349 g/mol. The molecule has 0 radical (unpaired) electrons. The maximum absolute atomic E-state index is 12.8. The summed E-state index contributed by atoms with van der Waals surface area (Å²) in [6.45, 7) is 3.54. The lowest BCUT2D eigenvalue weighted by atomic mass is 10.1. The standard InChI is InChI=1S/C20H19N3O3/c1-13(15-8-4-5-9-17(15)25-3)22-19(24)18-14(2)26-20(16(18)12-21)23-10-6-7-11-23/h4-11,13H,1-3H3,(H,22,24). The Kier molecular flexibility index (Phi) is 4.81. The number of ether oxygens (including phenoxy) is 1. The van der Waals surface area contributed by atoms with Gasteiger partial charge >= 0.3 is 0 Å². The number of methoxy groups -OCH3 is 1. The maximum atomic E-state index is 12.8. The summed E-state index contributed by atoms with van der Waals surface area (Å²) in [6.07, 6.45) is 3.52. The molecule has 3 rings (SSSR count). The molecule has 26 heavy (non-hydrogen) atoms. The van der Waals surface area contributed by atoms with Gasteiger partial charge in [0.25, 0.3) is 5.91 Å². The molecule has 0 fully saturated rings. The second-order valence-electron chi connectivity index (χ2n) is 5.85. The van der Waals surface area contributed by atoms with E-state index in [2.05, 4.69) is 11.4 Å². The minimum absolute atomic E-state index is 0.212. The second-order valence-corrected chi connectivity index (χ2v) is 5.85. The largest absolute Gasteiger partial charge is 0.496 e. The van der Waals surface area contributed by atoms with Gasteiger partial charge in [-0.15, -0.1) is 0 Å². The van der Waals surface area contributed by atoms with Crippen molar-refractivity contribution >= 4 is 5.91 Å². The maximum Gasteiger partial charge on any atom is 0.256 e. The summed E-state index contributed by atoms with van der Waals surface area (Å²) in [5, 5.41) is 12.5. The number of aryl methyl sites for hydroxylation is 1. The number of benzene rings is 1. The fourth-order valence-electron chi connectivity index (χ4n) is 2.93. The van der Waals surface area contributed by atoms with Crippen molar-refractivity contribution in [2.75, 3.05) is 7.11 Å². The van der Waals surface area contributed by atoms with Crippen molar-refractivity contribution in [1.82, 2.24) is 9.88 Å². The molecule has 0 aliphatic rings. The Morgan fingerprint density at radius 3 is 2.62 bits per heavy atom. The molecule has 1 N–H and O–H groups in total. The predicted molar refractivity (Wildman–Crippen MR) is 96.4 cm³/mol. The van der Waals surface area contributed by atoms with E-state index in [-0.39, 0.29) is 23.1 Å². The number of nitrogens with one attached hydrogen (secondary N) is 1. The summed E-state index contributed by atoms with van der Waals surface area (Å²) in [7, 11) is 1.59. The van der Waals surface area contributed by atoms with Crippen LogP contribution in [0.2, 0.25) is 0 Å². The summed E-state index contributed by atoms with van der Waals surface area (Å²) in [5.41, 5.74) is 1.31. The number of amides is 1. The van der Waals surface area contributed by atoms with Crippen molar-refractivity contribution in [3.63, 3.8) is 0 Å². The molecule has 0 bridgehead atoms. The van der Waals surface area contributed by atoms with Crippen LogP contribution >= 0.6 is 0 Å². The van der Waals surface area contributed by atoms with Gasteiger partial charge < -0.3 is 14.5 Å². The first-order chi connectivity index (χ1) is 12.6. The highest BCUT2D eigenvalue weighted by atomic mass is 16.5. The normalized spacial score (nSPS) is 11.6. The zero-order valence-electron chi connectivity index (χ0n) is 14.8. The van der Waals surface area contributed by atoms with Crippen molar-refractivity contribution in [3.05, 3.63) is 71.2 Å². The highest BCUT2D eigenvalue weighted by Crippen LogP contribution is 2.28. The van der Waals surface area contributed by atoms with Crippen LogP contribution in [0.3, 0.4) is 0 Å². The van der Waals surface area contributed by atoms with E-state index in [1.807, 2.05) is 43.3 Å².